The number of anilines is 1. The van der Waals surface area contributed by atoms with Crippen molar-refractivity contribution in [2.45, 2.75) is 0 Å². The Morgan fingerprint density at radius 3 is 2.62 bits per heavy atom. The van der Waals surface area contributed by atoms with E-state index in [9.17, 15) is 13.6 Å². The number of carbonyl (C=O) groups is 1. The van der Waals surface area contributed by atoms with Crippen molar-refractivity contribution >= 4 is 32.6 Å². The van der Waals surface area contributed by atoms with E-state index < -0.39 is 11.6 Å². The SMILES string of the molecule is COc1ccc(C(=O)NCCN2CCN(c3nc4c(F)cc(F)cc4s3)CC2)c(OC)c1. The molecule has 1 fully saturated rings. The van der Waals surface area contributed by atoms with Gasteiger partial charge in [0, 0.05) is 51.4 Å². The van der Waals surface area contributed by atoms with Crippen LogP contribution in [0.4, 0.5) is 13.9 Å². The lowest BCUT2D eigenvalue weighted by atomic mass is 10.1. The molecule has 170 valence electrons. The summed E-state index contributed by atoms with van der Waals surface area (Å²) in [5.74, 6) is -0.346. The topological polar surface area (TPSA) is 66.9 Å². The lowest BCUT2D eigenvalue weighted by Crippen LogP contribution is -2.48. The molecule has 2 aromatic carbocycles. The van der Waals surface area contributed by atoms with Crippen LogP contribution in [0.5, 0.6) is 11.5 Å². The highest BCUT2D eigenvalue weighted by Gasteiger charge is 2.21. The van der Waals surface area contributed by atoms with Crippen molar-refractivity contribution in [1.29, 1.82) is 0 Å². The van der Waals surface area contributed by atoms with Gasteiger partial charge in [-0.3, -0.25) is 9.69 Å². The van der Waals surface area contributed by atoms with Crippen LogP contribution in [0.2, 0.25) is 0 Å². The van der Waals surface area contributed by atoms with Crippen molar-refractivity contribution in [3.63, 3.8) is 0 Å². The second-order valence-corrected chi connectivity index (χ2v) is 8.39. The molecule has 0 atom stereocenters. The molecule has 7 nitrogen and oxygen atoms in total. The zero-order valence-corrected chi connectivity index (χ0v) is 18.7. The number of hydrogen-bond donors (Lipinski definition) is 1. The van der Waals surface area contributed by atoms with E-state index in [2.05, 4.69) is 20.1 Å². The number of nitrogens with one attached hydrogen (secondary N) is 1. The first-order chi connectivity index (χ1) is 15.5. The number of rotatable bonds is 7. The molecule has 3 aromatic rings. The van der Waals surface area contributed by atoms with Gasteiger partial charge in [-0.1, -0.05) is 11.3 Å². The first kappa shape index (κ1) is 22.2. The summed E-state index contributed by atoms with van der Waals surface area (Å²) < 4.78 is 38.3. The number of benzene rings is 2. The highest BCUT2D eigenvalue weighted by Crippen LogP contribution is 2.31. The minimum Gasteiger partial charge on any atom is -0.497 e. The third kappa shape index (κ3) is 4.76. The number of methoxy groups -OCH3 is 2. The number of nitrogens with zero attached hydrogens (tertiary/aromatic N) is 3. The van der Waals surface area contributed by atoms with Crippen molar-refractivity contribution < 1.29 is 23.0 Å². The molecule has 0 unspecified atom stereocenters. The van der Waals surface area contributed by atoms with Crippen molar-refractivity contribution in [3.05, 3.63) is 47.5 Å². The minimum atomic E-state index is -0.634. The number of amides is 1. The van der Waals surface area contributed by atoms with E-state index in [1.54, 1.807) is 25.3 Å². The number of carbonyl (C=O) groups excluding carboxylic acids is 1. The monoisotopic (exact) mass is 462 g/mol. The standard InChI is InChI=1S/C22H24F2N4O3S/c1-30-15-3-4-16(18(13-15)31-2)21(29)25-5-6-27-7-9-28(10-8-27)22-26-20-17(24)11-14(23)12-19(20)32-22/h3-4,11-13H,5-10H2,1-2H3,(H,25,29). The van der Waals surface area contributed by atoms with E-state index >= 15 is 0 Å². The van der Waals surface area contributed by atoms with Crippen LogP contribution in [0, 0.1) is 11.6 Å². The van der Waals surface area contributed by atoms with Gasteiger partial charge in [0.1, 0.15) is 22.8 Å². The fourth-order valence-electron chi connectivity index (χ4n) is 3.65. The molecule has 10 heteroatoms. The molecule has 1 saturated heterocycles. The number of hydrogen-bond acceptors (Lipinski definition) is 7. The Balaban J connectivity index is 1.28. The summed E-state index contributed by atoms with van der Waals surface area (Å²) in [6, 6.07) is 7.25. The Labute approximate surface area is 188 Å². The number of halogens is 2. The van der Waals surface area contributed by atoms with Gasteiger partial charge < -0.3 is 19.7 Å². The summed E-state index contributed by atoms with van der Waals surface area (Å²) in [4.78, 5) is 21.2. The molecule has 1 aliphatic rings. The predicted molar refractivity (Wildman–Crippen MR) is 120 cm³/mol. The Morgan fingerprint density at radius 2 is 1.91 bits per heavy atom. The van der Waals surface area contributed by atoms with Gasteiger partial charge in [0.25, 0.3) is 5.91 Å². The van der Waals surface area contributed by atoms with Gasteiger partial charge in [-0.25, -0.2) is 13.8 Å². The number of aromatic nitrogens is 1. The van der Waals surface area contributed by atoms with Gasteiger partial charge in [0.15, 0.2) is 10.9 Å². The summed E-state index contributed by atoms with van der Waals surface area (Å²) in [6.45, 7) is 4.23. The lowest BCUT2D eigenvalue weighted by molar-refractivity contribution is 0.0944. The highest BCUT2D eigenvalue weighted by atomic mass is 32.1. The van der Waals surface area contributed by atoms with Gasteiger partial charge in [0.05, 0.1) is 24.5 Å². The average Bonchev–Trinajstić information content (AvgIpc) is 3.23. The minimum absolute atomic E-state index is 0.202. The van der Waals surface area contributed by atoms with E-state index in [0.717, 1.165) is 32.2 Å². The van der Waals surface area contributed by atoms with Crippen LogP contribution < -0.4 is 19.7 Å². The Bertz CT molecular complexity index is 1120. The highest BCUT2D eigenvalue weighted by molar-refractivity contribution is 7.22. The van der Waals surface area contributed by atoms with Crippen LogP contribution in [0.3, 0.4) is 0 Å². The third-order valence-corrected chi connectivity index (χ3v) is 6.47. The molecule has 2 heterocycles. The first-order valence-corrected chi connectivity index (χ1v) is 11.0. The normalized spacial score (nSPS) is 14.6. The van der Waals surface area contributed by atoms with Gasteiger partial charge in [0.2, 0.25) is 0 Å². The molecule has 1 N–H and O–H groups in total. The van der Waals surface area contributed by atoms with Crippen LogP contribution in [0.25, 0.3) is 10.2 Å². The molecular weight excluding hydrogens is 438 g/mol. The van der Waals surface area contributed by atoms with Gasteiger partial charge in [-0.05, 0) is 18.2 Å². The lowest BCUT2D eigenvalue weighted by Gasteiger charge is -2.34. The van der Waals surface area contributed by atoms with Crippen molar-refractivity contribution in [3.8, 4) is 11.5 Å². The molecule has 0 saturated carbocycles. The smallest absolute Gasteiger partial charge is 0.255 e. The second-order valence-electron chi connectivity index (χ2n) is 7.38. The number of fused-ring (bicyclic) bond motifs is 1. The van der Waals surface area contributed by atoms with E-state index in [4.69, 9.17) is 9.47 Å². The van der Waals surface area contributed by atoms with Gasteiger partial charge >= 0.3 is 0 Å². The van der Waals surface area contributed by atoms with Gasteiger partial charge in [-0.2, -0.15) is 0 Å². The Kier molecular flexibility index (Phi) is 6.71. The Hall–Kier alpha value is -2.98. The number of ether oxygens (including phenoxy) is 2. The maximum absolute atomic E-state index is 13.9. The van der Waals surface area contributed by atoms with Crippen LogP contribution >= 0.6 is 11.3 Å². The zero-order valence-electron chi connectivity index (χ0n) is 17.9. The van der Waals surface area contributed by atoms with Crippen LogP contribution in [-0.2, 0) is 0 Å². The second kappa shape index (κ2) is 9.66. The number of thiazole rings is 1. The Morgan fingerprint density at radius 1 is 1.12 bits per heavy atom. The van der Waals surface area contributed by atoms with Crippen LogP contribution in [0.15, 0.2) is 30.3 Å². The zero-order chi connectivity index (χ0) is 22.7. The predicted octanol–water partition coefficient (Wildman–Crippen LogP) is 3.14. The molecule has 0 aliphatic carbocycles. The molecule has 32 heavy (non-hydrogen) atoms. The number of piperazine rings is 1. The molecule has 0 spiro atoms. The van der Waals surface area contributed by atoms with E-state index in [0.29, 0.717) is 40.0 Å². The summed E-state index contributed by atoms with van der Waals surface area (Å²) in [5.41, 5.74) is 0.670. The maximum atomic E-state index is 13.9. The third-order valence-electron chi connectivity index (χ3n) is 5.41. The maximum Gasteiger partial charge on any atom is 0.255 e. The largest absolute Gasteiger partial charge is 0.497 e. The van der Waals surface area contributed by atoms with Crippen LogP contribution in [0.1, 0.15) is 10.4 Å². The van der Waals surface area contributed by atoms with E-state index in [1.165, 1.54) is 24.5 Å². The molecular formula is C22H24F2N4O3S. The fraction of sp³-hybridized carbons (Fsp3) is 0.364. The van der Waals surface area contributed by atoms with Crippen molar-refractivity contribution in [1.82, 2.24) is 15.2 Å². The average molecular weight is 463 g/mol. The molecule has 1 amide bonds. The summed E-state index contributed by atoms with van der Waals surface area (Å²) in [7, 11) is 3.07. The van der Waals surface area contributed by atoms with Crippen molar-refractivity contribution in [2.75, 3.05) is 58.4 Å². The van der Waals surface area contributed by atoms with Gasteiger partial charge in [-0.15, -0.1) is 0 Å². The molecule has 0 radical (unpaired) electrons. The quantitative estimate of drug-likeness (QED) is 0.582. The summed E-state index contributed by atoms with van der Waals surface area (Å²) >= 11 is 1.30. The first-order valence-electron chi connectivity index (χ1n) is 10.2. The summed E-state index contributed by atoms with van der Waals surface area (Å²) in [6.07, 6.45) is 0. The van der Waals surface area contributed by atoms with E-state index in [1.807, 2.05) is 0 Å². The molecule has 4 rings (SSSR count). The summed E-state index contributed by atoms with van der Waals surface area (Å²) in [5, 5.41) is 3.63. The van der Waals surface area contributed by atoms with E-state index in [-0.39, 0.29) is 11.4 Å². The van der Waals surface area contributed by atoms with Crippen LogP contribution in [-0.4, -0.2) is 69.3 Å². The molecule has 0 bridgehead atoms. The molecule has 1 aliphatic heterocycles. The molecule has 1 aromatic heterocycles. The van der Waals surface area contributed by atoms with Crippen molar-refractivity contribution in [2.24, 2.45) is 0 Å². The fourth-order valence-corrected chi connectivity index (χ4v) is 4.71.